The number of rotatable bonds is 4. The van der Waals surface area contributed by atoms with Gasteiger partial charge in [-0.1, -0.05) is 23.9 Å². The Kier molecular flexibility index (Phi) is 4.26. The summed E-state index contributed by atoms with van der Waals surface area (Å²) in [6.45, 7) is 5.89. The Morgan fingerprint density at radius 2 is 1.91 bits per heavy atom. The van der Waals surface area contributed by atoms with Crippen molar-refractivity contribution < 1.29 is 8.81 Å². The molecule has 0 amide bonds. The Bertz CT molecular complexity index is 782. The average molecular weight is 335 g/mol. The van der Waals surface area contributed by atoms with Gasteiger partial charge in [-0.15, -0.1) is 21.5 Å². The van der Waals surface area contributed by atoms with Gasteiger partial charge in [-0.25, -0.2) is 9.37 Å². The van der Waals surface area contributed by atoms with Crippen LogP contribution in [0.2, 0.25) is 0 Å². The van der Waals surface area contributed by atoms with Crippen molar-refractivity contribution in [1.82, 2.24) is 15.2 Å². The summed E-state index contributed by atoms with van der Waals surface area (Å²) < 4.78 is 18.7. The molecule has 0 unspecified atom stereocenters. The number of aryl methyl sites for hydroxylation is 2. The molecule has 0 bridgehead atoms. The van der Waals surface area contributed by atoms with Crippen LogP contribution >= 0.6 is 23.1 Å². The molecule has 0 fully saturated rings. The highest BCUT2D eigenvalue weighted by atomic mass is 32.2. The Morgan fingerprint density at radius 3 is 2.55 bits per heavy atom. The Balaban J connectivity index is 1.77. The summed E-state index contributed by atoms with van der Waals surface area (Å²) in [5.74, 6) is 0.258. The molecule has 0 spiro atoms. The Morgan fingerprint density at radius 1 is 1.18 bits per heavy atom. The second-order valence-electron chi connectivity index (χ2n) is 4.83. The molecular formula is C15H14FN3OS2. The topological polar surface area (TPSA) is 51.8 Å². The molecule has 0 aliphatic carbocycles. The number of hydrogen-bond acceptors (Lipinski definition) is 6. The maximum absolute atomic E-state index is 13.0. The van der Waals surface area contributed by atoms with Crippen LogP contribution in [-0.2, 0) is 0 Å². The third-order valence-electron chi connectivity index (χ3n) is 3.12. The van der Waals surface area contributed by atoms with E-state index in [-0.39, 0.29) is 11.1 Å². The highest BCUT2D eigenvalue weighted by Crippen LogP contribution is 2.36. The Hall–Kier alpha value is -1.73. The first-order valence-electron chi connectivity index (χ1n) is 6.73. The van der Waals surface area contributed by atoms with E-state index >= 15 is 0 Å². The fraction of sp³-hybridized carbons (Fsp3) is 0.267. The quantitative estimate of drug-likeness (QED) is 0.641. The van der Waals surface area contributed by atoms with E-state index in [1.54, 1.807) is 12.1 Å². The van der Waals surface area contributed by atoms with Gasteiger partial charge in [0, 0.05) is 5.25 Å². The molecule has 2 aromatic heterocycles. The van der Waals surface area contributed by atoms with Gasteiger partial charge < -0.3 is 4.42 Å². The smallest absolute Gasteiger partial charge is 0.277 e. The van der Waals surface area contributed by atoms with E-state index in [1.165, 1.54) is 35.2 Å². The molecule has 114 valence electrons. The monoisotopic (exact) mass is 335 g/mol. The van der Waals surface area contributed by atoms with Gasteiger partial charge in [-0.3, -0.25) is 0 Å². The zero-order valence-electron chi connectivity index (χ0n) is 12.3. The minimum atomic E-state index is -0.239. The lowest BCUT2D eigenvalue weighted by Crippen LogP contribution is -1.88. The number of halogens is 1. The summed E-state index contributed by atoms with van der Waals surface area (Å²) in [5, 5.41) is 9.74. The predicted octanol–water partition coefficient (Wildman–Crippen LogP) is 4.80. The SMILES string of the molecule is Cc1nc(C)c(-c2nnc(S[C@@H](C)c3ccc(F)cc3)o2)s1. The second kappa shape index (κ2) is 6.18. The average Bonchev–Trinajstić information content (AvgIpc) is 3.06. The zero-order chi connectivity index (χ0) is 15.7. The minimum Gasteiger partial charge on any atom is -0.410 e. The van der Waals surface area contributed by atoms with E-state index in [0.29, 0.717) is 11.1 Å². The molecule has 0 aliphatic heterocycles. The third-order valence-corrected chi connectivity index (χ3v) is 5.17. The first-order chi connectivity index (χ1) is 10.5. The van der Waals surface area contributed by atoms with Gasteiger partial charge in [0.15, 0.2) is 0 Å². The van der Waals surface area contributed by atoms with Crippen molar-refractivity contribution in [3.63, 3.8) is 0 Å². The van der Waals surface area contributed by atoms with Crippen molar-refractivity contribution in [3.05, 3.63) is 46.3 Å². The second-order valence-corrected chi connectivity index (χ2v) is 7.33. The third kappa shape index (κ3) is 3.20. The summed E-state index contributed by atoms with van der Waals surface area (Å²) in [6.07, 6.45) is 0. The normalized spacial score (nSPS) is 12.5. The molecule has 2 heterocycles. The molecule has 22 heavy (non-hydrogen) atoms. The lowest BCUT2D eigenvalue weighted by atomic mass is 10.2. The standard InChI is InChI=1S/C15H14FN3OS2/c1-8-13(22-10(3)17-8)14-18-19-15(20-14)21-9(2)11-4-6-12(16)7-5-11/h4-7,9H,1-3H3/t9-/m0/s1. The van der Waals surface area contributed by atoms with Crippen LogP contribution in [0.1, 0.15) is 28.4 Å². The first kappa shape index (κ1) is 15.2. The molecule has 0 N–H and O–H groups in total. The van der Waals surface area contributed by atoms with Crippen LogP contribution in [0.4, 0.5) is 4.39 Å². The number of thioether (sulfide) groups is 1. The number of thiazole rings is 1. The maximum Gasteiger partial charge on any atom is 0.277 e. The van der Waals surface area contributed by atoms with Gasteiger partial charge in [0.25, 0.3) is 11.1 Å². The first-order valence-corrected chi connectivity index (χ1v) is 8.42. The highest BCUT2D eigenvalue weighted by Gasteiger charge is 2.17. The van der Waals surface area contributed by atoms with Crippen molar-refractivity contribution in [2.24, 2.45) is 0 Å². The summed E-state index contributed by atoms with van der Waals surface area (Å²) in [4.78, 5) is 5.27. The number of aromatic nitrogens is 3. The lowest BCUT2D eigenvalue weighted by molar-refractivity contribution is 0.465. The fourth-order valence-corrected chi connectivity index (χ4v) is 3.68. The molecule has 0 aliphatic rings. The van der Waals surface area contributed by atoms with Crippen LogP contribution in [0.25, 0.3) is 10.8 Å². The van der Waals surface area contributed by atoms with Gasteiger partial charge in [0.05, 0.1) is 10.7 Å². The van der Waals surface area contributed by atoms with Crippen molar-refractivity contribution in [3.8, 4) is 10.8 Å². The van der Waals surface area contributed by atoms with Gasteiger partial charge in [-0.2, -0.15) is 0 Å². The predicted molar refractivity (Wildman–Crippen MR) is 85.6 cm³/mol. The van der Waals surface area contributed by atoms with Crippen molar-refractivity contribution in [2.75, 3.05) is 0 Å². The fourth-order valence-electron chi connectivity index (χ4n) is 2.03. The largest absolute Gasteiger partial charge is 0.410 e. The van der Waals surface area contributed by atoms with Crippen LogP contribution in [0, 0.1) is 19.7 Å². The van der Waals surface area contributed by atoms with Crippen LogP contribution in [0.5, 0.6) is 0 Å². The summed E-state index contributed by atoms with van der Waals surface area (Å²) in [5.41, 5.74) is 1.91. The van der Waals surface area contributed by atoms with E-state index in [4.69, 9.17) is 4.42 Å². The molecule has 0 radical (unpaired) electrons. The van der Waals surface area contributed by atoms with Crippen molar-refractivity contribution in [1.29, 1.82) is 0 Å². The van der Waals surface area contributed by atoms with Crippen LogP contribution in [0.3, 0.4) is 0 Å². The van der Waals surface area contributed by atoms with E-state index < -0.39 is 0 Å². The lowest BCUT2D eigenvalue weighted by Gasteiger charge is -2.07. The molecule has 0 saturated heterocycles. The van der Waals surface area contributed by atoms with Gasteiger partial charge >= 0.3 is 0 Å². The molecule has 3 aromatic rings. The summed E-state index contributed by atoms with van der Waals surface area (Å²) >= 11 is 2.99. The van der Waals surface area contributed by atoms with Crippen LogP contribution < -0.4 is 0 Å². The molecule has 0 saturated carbocycles. The van der Waals surface area contributed by atoms with E-state index in [1.807, 2.05) is 20.8 Å². The molecule has 3 rings (SSSR count). The number of hydrogen-bond donors (Lipinski definition) is 0. The molecule has 4 nitrogen and oxygen atoms in total. The zero-order valence-corrected chi connectivity index (χ0v) is 14.0. The molecular weight excluding hydrogens is 321 g/mol. The van der Waals surface area contributed by atoms with Gasteiger partial charge in [0.1, 0.15) is 10.7 Å². The molecule has 7 heteroatoms. The minimum absolute atomic E-state index is 0.0955. The number of nitrogens with zero attached hydrogens (tertiary/aromatic N) is 3. The Labute approximate surface area is 135 Å². The van der Waals surface area contributed by atoms with Crippen molar-refractivity contribution >= 4 is 23.1 Å². The summed E-state index contributed by atoms with van der Waals surface area (Å²) in [6, 6.07) is 6.44. The summed E-state index contributed by atoms with van der Waals surface area (Å²) in [7, 11) is 0. The van der Waals surface area contributed by atoms with E-state index in [0.717, 1.165) is 21.1 Å². The van der Waals surface area contributed by atoms with Crippen LogP contribution in [0.15, 0.2) is 33.9 Å². The number of benzene rings is 1. The van der Waals surface area contributed by atoms with Gasteiger partial charge in [-0.05, 0) is 38.5 Å². The molecule has 1 aromatic carbocycles. The van der Waals surface area contributed by atoms with Gasteiger partial charge in [0.2, 0.25) is 0 Å². The van der Waals surface area contributed by atoms with E-state index in [2.05, 4.69) is 15.2 Å². The van der Waals surface area contributed by atoms with Crippen LogP contribution in [-0.4, -0.2) is 15.2 Å². The highest BCUT2D eigenvalue weighted by molar-refractivity contribution is 7.99. The molecule has 1 atom stereocenters. The van der Waals surface area contributed by atoms with Crippen molar-refractivity contribution in [2.45, 2.75) is 31.2 Å². The van der Waals surface area contributed by atoms with E-state index in [9.17, 15) is 4.39 Å². The maximum atomic E-state index is 13.0.